The van der Waals surface area contributed by atoms with Gasteiger partial charge in [-0.3, -0.25) is 4.79 Å². The van der Waals surface area contributed by atoms with Crippen molar-refractivity contribution in [1.82, 2.24) is 9.97 Å². The molecule has 2 heterocycles. The molecule has 1 aromatic carbocycles. The van der Waals surface area contributed by atoms with Crippen LogP contribution in [0.3, 0.4) is 0 Å². The number of imidazole rings is 1. The third-order valence-electron chi connectivity index (χ3n) is 2.62. The second-order valence-electron chi connectivity index (χ2n) is 3.76. The number of carbonyl (C=O) groups excluding carboxylic acids is 1. The summed E-state index contributed by atoms with van der Waals surface area (Å²) in [7, 11) is 0. The Labute approximate surface area is 114 Å². The Morgan fingerprint density at radius 1 is 1.33 bits per heavy atom. The van der Waals surface area contributed by atoms with Crippen LogP contribution in [-0.2, 0) is 4.79 Å². The van der Waals surface area contributed by atoms with Gasteiger partial charge in [-0.25, -0.2) is 4.99 Å². The first kappa shape index (κ1) is 11.4. The van der Waals surface area contributed by atoms with Crippen LogP contribution in [0.2, 0.25) is 0 Å². The predicted octanol–water partition coefficient (Wildman–Crippen LogP) is 0.899. The Hall–Kier alpha value is -1.73. The van der Waals surface area contributed by atoms with Gasteiger partial charge >= 0.3 is 0 Å². The number of nitrogens with one attached hydrogen (secondary N) is 2. The summed E-state index contributed by atoms with van der Waals surface area (Å²) in [6.07, 6.45) is 0. The Balaban J connectivity index is 2.42. The molecule has 1 aliphatic rings. The lowest BCUT2D eigenvalue weighted by atomic mass is 10.1. The van der Waals surface area contributed by atoms with Gasteiger partial charge in [0.15, 0.2) is 4.77 Å². The summed E-state index contributed by atoms with van der Waals surface area (Å²) in [4.78, 5) is 21.1. The maximum Gasteiger partial charge on any atom is 0.280 e. The van der Waals surface area contributed by atoms with Gasteiger partial charge in [-0.15, -0.1) is 0 Å². The molecule has 0 unspecified atom stereocenters. The fourth-order valence-corrected chi connectivity index (χ4v) is 2.43. The molecule has 0 aliphatic carbocycles. The van der Waals surface area contributed by atoms with Crippen LogP contribution in [0.1, 0.15) is 5.69 Å². The van der Waals surface area contributed by atoms with Crippen molar-refractivity contribution < 1.29 is 9.90 Å². The number of fused-ring (bicyclic) bond motifs is 1. The monoisotopic (exact) mass is 323 g/mol. The molecule has 2 aromatic rings. The number of aromatic amines is 2. The first-order chi connectivity index (χ1) is 8.56. The number of hydrogen-bond acceptors (Lipinski definition) is 3. The first-order valence-electron chi connectivity index (χ1n) is 5.01. The molecule has 0 saturated heterocycles. The number of H-pyrrole nitrogens is 2. The number of aromatic hydroxyl groups is 1. The SMILES string of the molecule is O=C1N=c2cc(Br)ccc2=C1c1[nH]c(=S)[nH]c1O. The summed E-state index contributed by atoms with van der Waals surface area (Å²) in [6.45, 7) is 0. The van der Waals surface area contributed by atoms with Gasteiger partial charge in [-0.05, 0) is 24.4 Å². The molecule has 18 heavy (non-hydrogen) atoms. The molecule has 0 spiro atoms. The highest BCUT2D eigenvalue weighted by molar-refractivity contribution is 9.10. The van der Waals surface area contributed by atoms with E-state index in [4.69, 9.17) is 12.2 Å². The van der Waals surface area contributed by atoms with Gasteiger partial charge in [0.1, 0.15) is 5.69 Å². The van der Waals surface area contributed by atoms with Crippen molar-refractivity contribution in [2.24, 2.45) is 4.99 Å². The van der Waals surface area contributed by atoms with E-state index in [-0.39, 0.29) is 16.3 Å². The molecule has 3 rings (SSSR count). The molecule has 0 radical (unpaired) electrons. The average Bonchev–Trinajstić information content (AvgIpc) is 2.77. The van der Waals surface area contributed by atoms with Crippen LogP contribution in [-0.4, -0.2) is 21.0 Å². The molecule has 3 N–H and O–H groups in total. The second-order valence-corrected chi connectivity index (χ2v) is 5.08. The fourth-order valence-electron chi connectivity index (χ4n) is 1.89. The van der Waals surface area contributed by atoms with Crippen LogP contribution in [0.5, 0.6) is 5.88 Å². The van der Waals surface area contributed by atoms with Crippen LogP contribution in [0.15, 0.2) is 27.7 Å². The molecule has 1 aliphatic heterocycles. The number of amides is 1. The summed E-state index contributed by atoms with van der Waals surface area (Å²) in [5, 5.41) is 11.0. The van der Waals surface area contributed by atoms with Crippen LogP contribution in [0.25, 0.3) is 5.57 Å². The Morgan fingerprint density at radius 3 is 2.78 bits per heavy atom. The largest absolute Gasteiger partial charge is 0.493 e. The van der Waals surface area contributed by atoms with Gasteiger partial charge in [0.2, 0.25) is 5.88 Å². The molecule has 7 heteroatoms. The summed E-state index contributed by atoms with van der Waals surface area (Å²) in [5.41, 5.74) is 0.595. The maximum absolute atomic E-state index is 11.9. The molecular weight excluding hydrogens is 318 g/mol. The van der Waals surface area contributed by atoms with E-state index in [0.717, 1.165) is 4.47 Å². The van der Waals surface area contributed by atoms with Crippen molar-refractivity contribution in [2.75, 3.05) is 0 Å². The van der Waals surface area contributed by atoms with Gasteiger partial charge in [-0.1, -0.05) is 22.0 Å². The zero-order valence-corrected chi connectivity index (χ0v) is 11.2. The zero-order valence-electron chi connectivity index (χ0n) is 8.82. The van der Waals surface area contributed by atoms with E-state index < -0.39 is 5.91 Å². The van der Waals surface area contributed by atoms with Crippen molar-refractivity contribution in [3.63, 3.8) is 0 Å². The lowest BCUT2D eigenvalue weighted by Crippen LogP contribution is -2.23. The molecular formula is C11H6BrN3O2S. The highest BCUT2D eigenvalue weighted by atomic mass is 79.9. The Morgan fingerprint density at radius 2 is 2.11 bits per heavy atom. The van der Waals surface area contributed by atoms with E-state index in [9.17, 15) is 9.90 Å². The van der Waals surface area contributed by atoms with Gasteiger partial charge in [-0.2, -0.15) is 0 Å². The molecule has 5 nitrogen and oxygen atoms in total. The smallest absolute Gasteiger partial charge is 0.280 e. The summed E-state index contributed by atoms with van der Waals surface area (Å²) in [6, 6.07) is 5.33. The number of rotatable bonds is 1. The molecule has 0 atom stereocenters. The summed E-state index contributed by atoms with van der Waals surface area (Å²) in [5.74, 6) is -0.557. The molecule has 90 valence electrons. The zero-order chi connectivity index (χ0) is 12.9. The number of benzene rings is 1. The topological polar surface area (TPSA) is 81.2 Å². The number of halogens is 1. The van der Waals surface area contributed by atoms with Crippen molar-refractivity contribution in [2.45, 2.75) is 0 Å². The van der Waals surface area contributed by atoms with Gasteiger partial charge < -0.3 is 15.1 Å². The predicted molar refractivity (Wildman–Crippen MR) is 70.1 cm³/mol. The number of nitrogens with zero attached hydrogens (tertiary/aromatic N) is 1. The van der Waals surface area contributed by atoms with E-state index in [2.05, 4.69) is 30.9 Å². The van der Waals surface area contributed by atoms with Crippen LogP contribution < -0.4 is 10.6 Å². The number of aromatic nitrogens is 2. The molecule has 1 amide bonds. The quantitative estimate of drug-likeness (QED) is 0.682. The standard InChI is InChI=1S/C11H6BrN3O2S/c12-4-1-2-5-6(3-4)13-9(16)7(5)8-10(17)15-11(18)14-8/h1-3,17H,(H2,14,15,18). The fraction of sp³-hybridized carbons (Fsp3) is 0. The van der Waals surface area contributed by atoms with Crippen LogP contribution in [0.4, 0.5) is 0 Å². The third-order valence-corrected chi connectivity index (χ3v) is 3.32. The van der Waals surface area contributed by atoms with E-state index in [0.29, 0.717) is 16.1 Å². The van der Waals surface area contributed by atoms with E-state index >= 15 is 0 Å². The van der Waals surface area contributed by atoms with Gasteiger partial charge in [0.25, 0.3) is 5.91 Å². The Kier molecular flexibility index (Phi) is 2.46. The van der Waals surface area contributed by atoms with Crippen molar-refractivity contribution in [3.8, 4) is 5.88 Å². The van der Waals surface area contributed by atoms with Crippen LogP contribution in [0, 0.1) is 4.77 Å². The minimum atomic E-state index is -0.399. The first-order valence-corrected chi connectivity index (χ1v) is 6.21. The minimum absolute atomic E-state index is 0.158. The lowest BCUT2D eigenvalue weighted by molar-refractivity contribution is -0.112. The highest BCUT2D eigenvalue weighted by Crippen LogP contribution is 2.21. The normalized spacial score (nSPS) is 13.6. The minimum Gasteiger partial charge on any atom is -0.493 e. The second kappa shape index (κ2) is 3.89. The summed E-state index contributed by atoms with van der Waals surface area (Å²) >= 11 is 8.20. The van der Waals surface area contributed by atoms with Gasteiger partial charge in [0, 0.05) is 9.69 Å². The highest BCUT2D eigenvalue weighted by Gasteiger charge is 2.22. The molecule has 1 aromatic heterocycles. The number of hydrogen-bond donors (Lipinski definition) is 3. The van der Waals surface area contributed by atoms with Crippen molar-refractivity contribution in [3.05, 3.63) is 43.7 Å². The number of carbonyl (C=O) groups is 1. The lowest BCUT2D eigenvalue weighted by Gasteiger charge is -1.96. The molecule has 0 bridgehead atoms. The van der Waals surface area contributed by atoms with Crippen molar-refractivity contribution in [1.29, 1.82) is 0 Å². The van der Waals surface area contributed by atoms with Crippen LogP contribution >= 0.6 is 28.1 Å². The molecule has 0 saturated carbocycles. The summed E-state index contributed by atoms with van der Waals surface area (Å²) < 4.78 is 1.10. The molecule has 0 fully saturated rings. The van der Waals surface area contributed by atoms with Crippen molar-refractivity contribution >= 4 is 39.6 Å². The Bertz CT molecular complexity index is 850. The average molecular weight is 324 g/mol. The third kappa shape index (κ3) is 1.63. The van der Waals surface area contributed by atoms with E-state index in [1.54, 1.807) is 12.1 Å². The van der Waals surface area contributed by atoms with E-state index in [1.807, 2.05) is 6.07 Å². The maximum atomic E-state index is 11.9. The van der Waals surface area contributed by atoms with Gasteiger partial charge in [0.05, 0.1) is 10.9 Å². The van der Waals surface area contributed by atoms with E-state index in [1.165, 1.54) is 0 Å².